The zero-order chi connectivity index (χ0) is 20.1. The van der Waals surface area contributed by atoms with E-state index in [9.17, 15) is 29.7 Å². The predicted octanol–water partition coefficient (Wildman–Crippen LogP) is 0.108. The molecule has 0 radical (unpaired) electrons. The molecule has 0 aromatic heterocycles. The number of hydrogen-bond acceptors (Lipinski definition) is 8. The van der Waals surface area contributed by atoms with Crippen molar-refractivity contribution >= 4 is 17.7 Å². The molecule has 4 N–H and O–H groups in total. The molecule has 0 bridgehead atoms. The van der Waals surface area contributed by atoms with E-state index in [-0.39, 0.29) is 23.3 Å². The number of aliphatic carboxylic acids is 1. The van der Waals surface area contributed by atoms with Gasteiger partial charge in [-0.25, -0.2) is 9.59 Å². The smallest absolute Gasteiger partial charge is 0.341 e. The van der Waals surface area contributed by atoms with Crippen LogP contribution in [-0.4, -0.2) is 68.9 Å². The summed E-state index contributed by atoms with van der Waals surface area (Å²) < 4.78 is 9.90. The molecule has 1 aliphatic rings. The van der Waals surface area contributed by atoms with Crippen molar-refractivity contribution in [2.45, 2.75) is 56.9 Å². The number of ketones is 1. The summed E-state index contributed by atoms with van der Waals surface area (Å²) in [6.07, 6.45) is -7.65. The molecule has 148 valence electrons. The molecule has 1 aromatic carbocycles. The molecular weight excluding hydrogens is 360 g/mol. The second-order valence-electron chi connectivity index (χ2n) is 6.21. The van der Waals surface area contributed by atoms with Crippen LogP contribution in [0.25, 0.3) is 0 Å². The number of esters is 1. The zero-order valence-corrected chi connectivity index (χ0v) is 14.6. The number of carboxylic acids is 1. The van der Waals surface area contributed by atoms with Crippen LogP contribution in [0.2, 0.25) is 0 Å². The molecule has 1 heterocycles. The third-order valence-corrected chi connectivity index (χ3v) is 4.24. The van der Waals surface area contributed by atoms with Gasteiger partial charge in [0.15, 0.2) is 11.9 Å². The molecule has 0 amide bonds. The summed E-state index contributed by atoms with van der Waals surface area (Å²) in [5.41, 5.74) is 0.0681. The quantitative estimate of drug-likeness (QED) is 0.380. The number of carbonyl (C=O) groups is 3. The van der Waals surface area contributed by atoms with Gasteiger partial charge in [0.2, 0.25) is 6.29 Å². The van der Waals surface area contributed by atoms with Crippen molar-refractivity contribution in [2.24, 2.45) is 0 Å². The molecule has 0 saturated carbocycles. The van der Waals surface area contributed by atoms with Gasteiger partial charge >= 0.3 is 11.9 Å². The van der Waals surface area contributed by atoms with Gasteiger partial charge in [-0.05, 0) is 12.5 Å². The average Bonchev–Trinajstić information content (AvgIpc) is 2.66. The Labute approximate surface area is 155 Å². The van der Waals surface area contributed by atoms with Gasteiger partial charge in [-0.1, -0.05) is 31.5 Å². The third kappa shape index (κ3) is 4.69. The summed E-state index contributed by atoms with van der Waals surface area (Å²) in [4.78, 5) is 35.8. The van der Waals surface area contributed by atoms with Crippen molar-refractivity contribution in [1.82, 2.24) is 0 Å². The first kappa shape index (κ1) is 21.0. The Kier molecular flexibility index (Phi) is 7.03. The fourth-order valence-electron chi connectivity index (χ4n) is 2.69. The topological polar surface area (TPSA) is 151 Å². The molecule has 0 spiro atoms. The van der Waals surface area contributed by atoms with Gasteiger partial charge in [0, 0.05) is 12.0 Å². The number of Topliss-reactive ketones (excluding diaryl/α,β-unsaturated/α-hetero) is 1. The Morgan fingerprint density at radius 2 is 1.67 bits per heavy atom. The minimum atomic E-state index is -1.89. The number of aliphatic hydroxyl groups excluding tert-OH is 3. The Morgan fingerprint density at radius 1 is 1.04 bits per heavy atom. The number of carboxylic acid groups (broad SMARTS) is 1. The van der Waals surface area contributed by atoms with Crippen LogP contribution < -0.4 is 0 Å². The van der Waals surface area contributed by atoms with E-state index < -0.39 is 42.6 Å². The molecule has 9 heteroatoms. The van der Waals surface area contributed by atoms with Crippen LogP contribution in [0.15, 0.2) is 24.3 Å². The number of benzene rings is 1. The van der Waals surface area contributed by atoms with Crippen LogP contribution in [-0.2, 0) is 14.3 Å². The highest BCUT2D eigenvalue weighted by molar-refractivity contribution is 6.06. The molecule has 2 rings (SSSR count). The standard InChI is InChI=1S/C18H22O9/c1-2-3-8-11(19)9-6-4-5-7-10(9)17(25)27-18-14(22)12(20)13(21)15(26-18)16(23)24/h4-7,12-15,18,20-22H,2-3,8H2,1H3,(H,23,24)/t12-,13-,14+,15-,18-/m0/s1. The molecule has 9 nitrogen and oxygen atoms in total. The van der Waals surface area contributed by atoms with E-state index in [0.29, 0.717) is 6.42 Å². The average molecular weight is 382 g/mol. The first-order valence-corrected chi connectivity index (χ1v) is 8.53. The SMILES string of the molecule is CCCCC(=O)c1ccccc1C(=O)O[C@@H]1O[C@H](C(=O)O)[C@@H](O)[C@H](O)[C@H]1O. The fourth-order valence-corrected chi connectivity index (χ4v) is 2.69. The Balaban J connectivity index is 2.19. The summed E-state index contributed by atoms with van der Waals surface area (Å²) in [6.45, 7) is 1.92. The van der Waals surface area contributed by atoms with Gasteiger partial charge in [0.1, 0.15) is 18.3 Å². The number of unbranched alkanes of at least 4 members (excludes halogenated alkanes) is 1. The summed E-state index contributed by atoms with van der Waals surface area (Å²) >= 11 is 0. The number of ether oxygens (including phenoxy) is 2. The molecule has 0 unspecified atom stereocenters. The molecule has 1 aromatic rings. The molecule has 1 saturated heterocycles. The van der Waals surface area contributed by atoms with Crippen LogP contribution in [0.3, 0.4) is 0 Å². The van der Waals surface area contributed by atoms with E-state index in [2.05, 4.69) is 0 Å². The van der Waals surface area contributed by atoms with Gasteiger partial charge in [-0.2, -0.15) is 0 Å². The van der Waals surface area contributed by atoms with Crippen molar-refractivity contribution < 1.29 is 44.3 Å². The number of aliphatic hydroxyl groups is 3. The highest BCUT2D eigenvalue weighted by atomic mass is 16.7. The maximum absolute atomic E-state index is 12.5. The van der Waals surface area contributed by atoms with Gasteiger partial charge < -0.3 is 29.9 Å². The van der Waals surface area contributed by atoms with Crippen LogP contribution in [0.5, 0.6) is 0 Å². The van der Waals surface area contributed by atoms with E-state index in [1.165, 1.54) is 18.2 Å². The highest BCUT2D eigenvalue weighted by Crippen LogP contribution is 2.24. The van der Waals surface area contributed by atoms with Gasteiger partial charge in [0.25, 0.3) is 0 Å². The first-order chi connectivity index (χ1) is 12.8. The monoisotopic (exact) mass is 382 g/mol. The second-order valence-corrected chi connectivity index (χ2v) is 6.21. The fraction of sp³-hybridized carbons (Fsp3) is 0.500. The minimum absolute atomic E-state index is 0.0677. The van der Waals surface area contributed by atoms with E-state index >= 15 is 0 Å². The molecule has 0 aliphatic carbocycles. The van der Waals surface area contributed by atoms with E-state index in [1.807, 2.05) is 6.92 Å². The molecule has 5 atom stereocenters. The van der Waals surface area contributed by atoms with Crippen molar-refractivity contribution in [3.05, 3.63) is 35.4 Å². The summed E-state index contributed by atoms with van der Waals surface area (Å²) in [5, 5.41) is 38.4. The first-order valence-electron chi connectivity index (χ1n) is 8.53. The molecule has 27 heavy (non-hydrogen) atoms. The largest absolute Gasteiger partial charge is 0.479 e. The van der Waals surface area contributed by atoms with Crippen LogP contribution in [0, 0.1) is 0 Å². The van der Waals surface area contributed by atoms with Crippen molar-refractivity contribution in [3.8, 4) is 0 Å². The lowest BCUT2D eigenvalue weighted by atomic mass is 9.98. The van der Waals surface area contributed by atoms with Crippen LogP contribution in [0.1, 0.15) is 46.9 Å². The van der Waals surface area contributed by atoms with Crippen molar-refractivity contribution in [3.63, 3.8) is 0 Å². The Hall–Kier alpha value is -2.33. The maximum atomic E-state index is 12.5. The summed E-state index contributed by atoms with van der Waals surface area (Å²) in [6, 6.07) is 5.93. The molecular formula is C18H22O9. The van der Waals surface area contributed by atoms with Crippen LogP contribution in [0.4, 0.5) is 0 Å². The van der Waals surface area contributed by atoms with E-state index in [0.717, 1.165) is 6.42 Å². The minimum Gasteiger partial charge on any atom is -0.479 e. The van der Waals surface area contributed by atoms with Gasteiger partial charge in [-0.15, -0.1) is 0 Å². The lowest BCUT2D eigenvalue weighted by molar-refractivity contribution is -0.278. The third-order valence-electron chi connectivity index (χ3n) is 4.24. The number of rotatable bonds is 7. The van der Waals surface area contributed by atoms with Crippen molar-refractivity contribution in [2.75, 3.05) is 0 Å². The van der Waals surface area contributed by atoms with E-state index in [1.54, 1.807) is 6.07 Å². The predicted molar refractivity (Wildman–Crippen MR) is 90.0 cm³/mol. The summed E-state index contributed by atoms with van der Waals surface area (Å²) in [7, 11) is 0. The maximum Gasteiger partial charge on any atom is 0.341 e. The summed E-state index contributed by atoms with van der Waals surface area (Å²) in [5.74, 6) is -2.87. The lowest BCUT2D eigenvalue weighted by Gasteiger charge is -2.37. The normalized spacial score (nSPS) is 27.8. The van der Waals surface area contributed by atoms with Crippen molar-refractivity contribution in [1.29, 1.82) is 0 Å². The lowest BCUT2D eigenvalue weighted by Crippen LogP contribution is -2.60. The van der Waals surface area contributed by atoms with Gasteiger partial charge in [-0.3, -0.25) is 4.79 Å². The van der Waals surface area contributed by atoms with Gasteiger partial charge in [0.05, 0.1) is 5.56 Å². The Morgan fingerprint density at radius 3 is 2.26 bits per heavy atom. The van der Waals surface area contributed by atoms with E-state index in [4.69, 9.17) is 14.6 Å². The zero-order valence-electron chi connectivity index (χ0n) is 14.6. The Bertz CT molecular complexity index is 702. The molecule has 1 fully saturated rings. The number of hydrogen-bond donors (Lipinski definition) is 4. The van der Waals surface area contributed by atoms with Crippen LogP contribution >= 0.6 is 0 Å². The number of carbonyl (C=O) groups excluding carboxylic acids is 2. The highest BCUT2D eigenvalue weighted by Gasteiger charge is 2.48. The molecule has 1 aliphatic heterocycles. The second kappa shape index (κ2) is 9.05.